The van der Waals surface area contributed by atoms with Crippen LogP contribution in [0.4, 0.5) is 0 Å². The number of aryl methyl sites for hydroxylation is 1. The molecule has 3 rings (SSSR count). The van der Waals surface area contributed by atoms with E-state index in [1.807, 2.05) is 37.8 Å². The van der Waals surface area contributed by atoms with Crippen LogP contribution in [-0.4, -0.2) is 70.2 Å². The molecule has 1 aliphatic heterocycles. The summed E-state index contributed by atoms with van der Waals surface area (Å²) in [5.41, 5.74) is 0.913. The Morgan fingerprint density at radius 3 is 2.60 bits per heavy atom. The van der Waals surface area contributed by atoms with Crippen molar-refractivity contribution in [2.45, 2.75) is 52.0 Å². The number of pyridine rings is 1. The molecule has 0 N–H and O–H groups in total. The van der Waals surface area contributed by atoms with E-state index in [0.717, 1.165) is 51.4 Å². The Bertz CT molecular complexity index is 782. The summed E-state index contributed by atoms with van der Waals surface area (Å²) in [4.78, 5) is 25.8. The van der Waals surface area contributed by atoms with Crippen molar-refractivity contribution in [3.63, 3.8) is 0 Å². The normalized spacial score (nSPS) is 15.3. The van der Waals surface area contributed by atoms with Crippen LogP contribution in [0.1, 0.15) is 50.9 Å². The minimum Gasteiger partial charge on any atom is -0.379 e. The van der Waals surface area contributed by atoms with E-state index in [4.69, 9.17) is 9.26 Å². The van der Waals surface area contributed by atoms with Crippen LogP contribution in [0, 0.1) is 0 Å². The molecule has 0 aliphatic carbocycles. The standard InChI is InChI=1S/C22H33N5O3/c1-22(2,3)21-24-19(30-25-21)5-6-20(28)27(17-18-7-9-23-10-8-18)12-4-11-26-13-15-29-16-14-26/h7-10H,4-6,11-17H2,1-3H3. The number of carbonyl (C=O) groups is 1. The number of hydrogen-bond donors (Lipinski definition) is 0. The number of carbonyl (C=O) groups excluding carboxylic acids is 1. The number of amides is 1. The molecule has 8 nitrogen and oxygen atoms in total. The van der Waals surface area contributed by atoms with Gasteiger partial charge in [0.05, 0.1) is 13.2 Å². The fourth-order valence-electron chi connectivity index (χ4n) is 3.34. The third-order valence-electron chi connectivity index (χ3n) is 5.17. The minimum atomic E-state index is -0.168. The average Bonchev–Trinajstić information content (AvgIpc) is 3.22. The maximum Gasteiger partial charge on any atom is 0.227 e. The van der Waals surface area contributed by atoms with Crippen LogP contribution < -0.4 is 0 Å². The molecule has 8 heteroatoms. The van der Waals surface area contributed by atoms with Crippen molar-refractivity contribution in [2.24, 2.45) is 0 Å². The largest absolute Gasteiger partial charge is 0.379 e. The lowest BCUT2D eigenvalue weighted by Crippen LogP contribution is -2.39. The van der Waals surface area contributed by atoms with Gasteiger partial charge in [0.25, 0.3) is 0 Å². The fourth-order valence-corrected chi connectivity index (χ4v) is 3.34. The highest BCUT2D eigenvalue weighted by Crippen LogP contribution is 2.19. The first kappa shape index (κ1) is 22.4. The first-order valence-corrected chi connectivity index (χ1v) is 10.7. The van der Waals surface area contributed by atoms with Crippen molar-refractivity contribution in [1.29, 1.82) is 0 Å². The highest BCUT2D eigenvalue weighted by molar-refractivity contribution is 5.76. The van der Waals surface area contributed by atoms with Crippen LogP contribution in [0.5, 0.6) is 0 Å². The second-order valence-corrected chi connectivity index (χ2v) is 8.74. The Labute approximate surface area is 178 Å². The van der Waals surface area contributed by atoms with Gasteiger partial charge in [-0.15, -0.1) is 0 Å². The lowest BCUT2D eigenvalue weighted by Gasteiger charge is -2.28. The van der Waals surface area contributed by atoms with Crippen LogP contribution >= 0.6 is 0 Å². The van der Waals surface area contributed by atoms with E-state index in [2.05, 4.69) is 20.0 Å². The Hall–Kier alpha value is -2.32. The van der Waals surface area contributed by atoms with Gasteiger partial charge in [-0.05, 0) is 24.1 Å². The van der Waals surface area contributed by atoms with E-state index >= 15 is 0 Å². The average molecular weight is 416 g/mol. The molecule has 0 bridgehead atoms. The van der Waals surface area contributed by atoms with Gasteiger partial charge < -0.3 is 14.2 Å². The zero-order valence-electron chi connectivity index (χ0n) is 18.3. The van der Waals surface area contributed by atoms with Gasteiger partial charge in [0.2, 0.25) is 11.8 Å². The summed E-state index contributed by atoms with van der Waals surface area (Å²) in [6.45, 7) is 11.9. The van der Waals surface area contributed by atoms with Gasteiger partial charge in [0.1, 0.15) is 0 Å². The van der Waals surface area contributed by atoms with Crippen molar-refractivity contribution in [2.75, 3.05) is 39.4 Å². The molecule has 0 spiro atoms. The highest BCUT2D eigenvalue weighted by atomic mass is 16.5. The molecule has 3 heterocycles. The smallest absolute Gasteiger partial charge is 0.227 e. The fraction of sp³-hybridized carbons (Fsp3) is 0.636. The molecular formula is C22H33N5O3. The van der Waals surface area contributed by atoms with Gasteiger partial charge in [-0.2, -0.15) is 4.98 Å². The molecule has 0 unspecified atom stereocenters. The van der Waals surface area contributed by atoms with Gasteiger partial charge >= 0.3 is 0 Å². The number of ether oxygens (including phenoxy) is 1. The molecule has 2 aromatic heterocycles. The zero-order valence-corrected chi connectivity index (χ0v) is 18.3. The number of hydrogen-bond acceptors (Lipinski definition) is 7. The Balaban J connectivity index is 1.55. The second-order valence-electron chi connectivity index (χ2n) is 8.74. The van der Waals surface area contributed by atoms with E-state index in [-0.39, 0.29) is 11.3 Å². The summed E-state index contributed by atoms with van der Waals surface area (Å²) in [6, 6.07) is 3.91. The monoisotopic (exact) mass is 415 g/mol. The molecule has 2 aromatic rings. The molecule has 0 radical (unpaired) electrons. The molecule has 1 saturated heterocycles. The molecule has 1 aliphatic rings. The number of nitrogens with zero attached hydrogens (tertiary/aromatic N) is 5. The van der Waals surface area contributed by atoms with E-state index in [1.54, 1.807) is 12.4 Å². The minimum absolute atomic E-state index is 0.101. The summed E-state index contributed by atoms with van der Waals surface area (Å²) in [7, 11) is 0. The van der Waals surface area contributed by atoms with Crippen molar-refractivity contribution < 1.29 is 14.1 Å². The summed E-state index contributed by atoms with van der Waals surface area (Å²) in [5.74, 6) is 1.29. The predicted octanol–water partition coefficient (Wildman–Crippen LogP) is 2.45. The van der Waals surface area contributed by atoms with Crippen molar-refractivity contribution in [3.8, 4) is 0 Å². The maximum atomic E-state index is 13.0. The van der Waals surface area contributed by atoms with Gasteiger partial charge in [0, 0.05) is 63.4 Å². The highest BCUT2D eigenvalue weighted by Gasteiger charge is 2.22. The van der Waals surface area contributed by atoms with Gasteiger partial charge in [0.15, 0.2) is 5.82 Å². The quantitative estimate of drug-likeness (QED) is 0.622. The van der Waals surface area contributed by atoms with Crippen LogP contribution in [-0.2, 0) is 27.9 Å². The summed E-state index contributed by atoms with van der Waals surface area (Å²) < 4.78 is 10.8. The lowest BCUT2D eigenvalue weighted by atomic mass is 9.96. The zero-order chi connectivity index (χ0) is 21.4. The molecule has 164 valence electrons. The van der Waals surface area contributed by atoms with Crippen LogP contribution in [0.15, 0.2) is 29.0 Å². The summed E-state index contributed by atoms with van der Waals surface area (Å²) >= 11 is 0. The Kier molecular flexibility index (Phi) is 7.93. The molecule has 1 fully saturated rings. The molecular weight excluding hydrogens is 382 g/mol. The maximum absolute atomic E-state index is 13.0. The Morgan fingerprint density at radius 2 is 1.93 bits per heavy atom. The molecule has 1 amide bonds. The summed E-state index contributed by atoms with van der Waals surface area (Å²) in [5, 5.41) is 4.05. The Morgan fingerprint density at radius 1 is 1.20 bits per heavy atom. The van der Waals surface area contributed by atoms with Crippen LogP contribution in [0.3, 0.4) is 0 Å². The van der Waals surface area contributed by atoms with Crippen molar-refractivity contribution in [1.82, 2.24) is 24.9 Å². The first-order chi connectivity index (χ1) is 14.4. The van der Waals surface area contributed by atoms with Crippen molar-refractivity contribution in [3.05, 3.63) is 41.8 Å². The lowest BCUT2D eigenvalue weighted by molar-refractivity contribution is -0.132. The third kappa shape index (κ3) is 6.88. The predicted molar refractivity (Wildman–Crippen MR) is 113 cm³/mol. The SMILES string of the molecule is CC(C)(C)c1noc(CCC(=O)N(CCCN2CCOCC2)Cc2ccncc2)n1. The molecule has 0 saturated carbocycles. The van der Waals surface area contributed by atoms with Gasteiger partial charge in [-0.1, -0.05) is 25.9 Å². The van der Waals surface area contributed by atoms with E-state index in [0.29, 0.717) is 31.1 Å². The van der Waals surface area contributed by atoms with Gasteiger partial charge in [-0.3, -0.25) is 14.7 Å². The van der Waals surface area contributed by atoms with E-state index in [9.17, 15) is 4.79 Å². The topological polar surface area (TPSA) is 84.6 Å². The molecule has 0 atom stereocenters. The second kappa shape index (κ2) is 10.6. The number of aromatic nitrogens is 3. The first-order valence-electron chi connectivity index (χ1n) is 10.7. The van der Waals surface area contributed by atoms with E-state index < -0.39 is 0 Å². The third-order valence-corrected chi connectivity index (χ3v) is 5.17. The van der Waals surface area contributed by atoms with Gasteiger partial charge in [-0.25, -0.2) is 0 Å². The number of morpholine rings is 1. The summed E-state index contributed by atoms with van der Waals surface area (Å²) in [6.07, 6.45) is 5.27. The number of rotatable bonds is 9. The van der Waals surface area contributed by atoms with Crippen molar-refractivity contribution >= 4 is 5.91 Å². The van der Waals surface area contributed by atoms with Crippen LogP contribution in [0.25, 0.3) is 0 Å². The van der Waals surface area contributed by atoms with Crippen LogP contribution in [0.2, 0.25) is 0 Å². The van der Waals surface area contributed by atoms with E-state index in [1.165, 1.54) is 0 Å². The molecule has 0 aromatic carbocycles. The molecule has 30 heavy (non-hydrogen) atoms.